The third-order valence-electron chi connectivity index (χ3n) is 5.98. The second kappa shape index (κ2) is 10.9. The molecule has 0 fully saturated rings. The Bertz CT molecular complexity index is 2100. The Morgan fingerprint density at radius 3 is 2.23 bits per heavy atom. The highest BCUT2D eigenvalue weighted by molar-refractivity contribution is 8.19. The number of nitro benzene ring substituents is 1. The van der Waals surface area contributed by atoms with Gasteiger partial charge in [-0.05, 0) is 47.9 Å². The first-order valence-electron chi connectivity index (χ1n) is 11.6. The van der Waals surface area contributed by atoms with E-state index in [1.807, 2.05) is 0 Å². The molecule has 0 bridgehead atoms. The zero-order valence-electron chi connectivity index (χ0n) is 21.2. The maximum absolute atomic E-state index is 12.4. The van der Waals surface area contributed by atoms with Crippen LogP contribution in [0.3, 0.4) is 0 Å². The van der Waals surface area contributed by atoms with Crippen LogP contribution in [0.15, 0.2) is 97.4 Å². The van der Waals surface area contributed by atoms with Crippen molar-refractivity contribution in [3.63, 3.8) is 0 Å². The fraction of sp³-hybridized carbons (Fsp3) is 0. The molecule has 7 N–H and O–H groups in total. The van der Waals surface area contributed by atoms with Crippen LogP contribution in [0.4, 0.5) is 34.1 Å². The van der Waals surface area contributed by atoms with Crippen LogP contribution in [0, 0.1) is 10.1 Å². The molecule has 43 heavy (non-hydrogen) atoms. The van der Waals surface area contributed by atoms with Gasteiger partial charge in [-0.25, -0.2) is 0 Å². The number of nitrogens with two attached hydrogens (primary N) is 1. The van der Waals surface area contributed by atoms with Crippen molar-refractivity contribution in [1.29, 1.82) is 0 Å². The van der Waals surface area contributed by atoms with Crippen molar-refractivity contribution >= 4 is 76.8 Å². The quantitative estimate of drug-likeness (QED) is 0.0364. The number of phenolic OH excluding ortho intramolecular Hbond substituents is 1. The minimum Gasteiger partial charge on any atom is -0.505 e. The maximum atomic E-state index is 12.4. The summed E-state index contributed by atoms with van der Waals surface area (Å²) in [7, 11) is -9.66. The predicted octanol–water partition coefficient (Wildman–Crippen LogP) is 6.64. The van der Waals surface area contributed by atoms with Crippen molar-refractivity contribution in [2.45, 2.75) is 9.79 Å². The van der Waals surface area contributed by atoms with Crippen molar-refractivity contribution in [2.24, 2.45) is 20.5 Å². The molecular formula is C24H18N8O9S2. The molecule has 5 aromatic rings. The largest absolute Gasteiger partial charge is 0.505 e. The Labute approximate surface area is 242 Å². The van der Waals surface area contributed by atoms with Crippen molar-refractivity contribution in [2.75, 3.05) is 5.73 Å². The number of non-ortho nitro benzene ring substituents is 1. The van der Waals surface area contributed by atoms with E-state index in [1.54, 1.807) is 0 Å². The first-order chi connectivity index (χ1) is 20.3. The van der Waals surface area contributed by atoms with E-state index in [2.05, 4.69) is 30.4 Å². The van der Waals surface area contributed by atoms with E-state index < -0.39 is 58.5 Å². The first kappa shape index (κ1) is 29.3. The number of pyridine rings is 2. The maximum Gasteiger partial charge on any atom is 0.296 e. The van der Waals surface area contributed by atoms with Gasteiger partial charge in [0, 0.05) is 18.5 Å². The summed E-state index contributed by atoms with van der Waals surface area (Å²) in [4.78, 5) is 17.1. The predicted molar refractivity (Wildman–Crippen MR) is 155 cm³/mol. The number of hydrogen-bond donors (Lipinski definition) is 6. The average Bonchev–Trinajstić information content (AvgIpc) is 2.95. The Morgan fingerprint density at radius 2 is 1.58 bits per heavy atom. The summed E-state index contributed by atoms with van der Waals surface area (Å²) < 4.78 is 64.8. The lowest BCUT2D eigenvalue weighted by atomic mass is 10.1. The lowest BCUT2D eigenvalue weighted by molar-refractivity contribution is -0.383. The van der Waals surface area contributed by atoms with E-state index in [4.69, 9.17) is 5.73 Å². The fourth-order valence-corrected chi connectivity index (χ4v) is 5.48. The molecule has 0 unspecified atom stereocenters. The van der Waals surface area contributed by atoms with Crippen LogP contribution >= 0.6 is 10.9 Å². The molecule has 19 heteroatoms. The van der Waals surface area contributed by atoms with E-state index in [-0.39, 0.29) is 38.7 Å². The SMILES string of the molecule is Nc1c(N=Nc2ccc([N+](=O)[O-])c3cccnc23)c(S(=O)(=O)O)cc2cc(S(O)(O)O)c(N=Nc3cccnc3)c(O)c12. The summed E-state index contributed by atoms with van der Waals surface area (Å²) in [6.45, 7) is 0. The molecule has 0 saturated carbocycles. The van der Waals surface area contributed by atoms with Gasteiger partial charge in [0.15, 0.2) is 5.75 Å². The highest BCUT2D eigenvalue weighted by Gasteiger charge is 2.29. The van der Waals surface area contributed by atoms with Gasteiger partial charge < -0.3 is 24.5 Å². The van der Waals surface area contributed by atoms with Crippen LogP contribution in [0.1, 0.15) is 0 Å². The minimum absolute atomic E-state index is 0.0262. The normalized spacial score (nSPS) is 12.9. The topological polar surface area (TPSA) is 280 Å². The number of aromatic nitrogens is 2. The molecule has 17 nitrogen and oxygen atoms in total. The van der Waals surface area contributed by atoms with E-state index in [0.29, 0.717) is 0 Å². The Balaban J connectivity index is 1.77. The lowest BCUT2D eigenvalue weighted by Gasteiger charge is -2.22. The summed E-state index contributed by atoms with van der Waals surface area (Å²) >= 11 is 0. The number of hydrogen-bond acceptors (Lipinski definition) is 15. The molecule has 2 heterocycles. The van der Waals surface area contributed by atoms with Gasteiger partial charge in [0.05, 0.1) is 32.5 Å². The molecule has 5 rings (SSSR count). The molecule has 0 saturated heterocycles. The van der Waals surface area contributed by atoms with Gasteiger partial charge in [-0.3, -0.25) is 24.6 Å². The third kappa shape index (κ3) is 5.66. The van der Waals surface area contributed by atoms with Crippen LogP contribution in [-0.2, 0) is 10.1 Å². The molecule has 0 amide bonds. The van der Waals surface area contributed by atoms with Crippen molar-refractivity contribution in [3.8, 4) is 5.75 Å². The van der Waals surface area contributed by atoms with Crippen LogP contribution in [0.2, 0.25) is 0 Å². The number of aromatic hydroxyl groups is 1. The molecular weight excluding hydrogens is 608 g/mol. The van der Waals surface area contributed by atoms with Gasteiger partial charge in [-0.15, -0.1) is 20.5 Å². The summed E-state index contributed by atoms with van der Waals surface area (Å²) in [5, 5.41) is 37.6. The number of anilines is 1. The number of phenols is 1. The summed E-state index contributed by atoms with van der Waals surface area (Å²) in [5.74, 6) is -0.854. The third-order valence-corrected chi connectivity index (χ3v) is 7.75. The summed E-state index contributed by atoms with van der Waals surface area (Å²) in [5.41, 5.74) is 4.35. The van der Waals surface area contributed by atoms with E-state index in [0.717, 1.165) is 18.2 Å². The number of nitro groups is 1. The van der Waals surface area contributed by atoms with Crippen LogP contribution in [-0.4, -0.2) is 46.6 Å². The molecule has 0 spiro atoms. The van der Waals surface area contributed by atoms with Gasteiger partial charge in [0.25, 0.3) is 15.8 Å². The van der Waals surface area contributed by atoms with Gasteiger partial charge >= 0.3 is 0 Å². The summed E-state index contributed by atoms with van der Waals surface area (Å²) in [6.07, 6.45) is 4.11. The van der Waals surface area contributed by atoms with Crippen molar-refractivity contribution < 1.29 is 36.7 Å². The van der Waals surface area contributed by atoms with E-state index in [9.17, 15) is 41.8 Å². The standard InChI is InChI=1S/C24H18N8O9S2/c25-20-19-12(10-18(43(39,40)41)23(24(19)33)31-28-13-3-1-7-26-11-13)9-17(42(36,37)38)22(20)30-29-15-5-6-16(32(34)35)14-4-2-8-27-21(14)15/h1-11,33,39-41H,25H2,(H,36,37,38). The van der Waals surface area contributed by atoms with Crippen molar-refractivity contribution in [3.05, 3.63) is 77.2 Å². The van der Waals surface area contributed by atoms with E-state index in [1.165, 1.54) is 48.9 Å². The second-order valence-corrected chi connectivity index (χ2v) is 11.5. The first-order valence-corrected chi connectivity index (χ1v) is 14.6. The zero-order valence-corrected chi connectivity index (χ0v) is 22.9. The minimum atomic E-state index is -5.08. The number of fused-ring (bicyclic) bond motifs is 2. The Kier molecular flexibility index (Phi) is 7.43. The highest BCUT2D eigenvalue weighted by atomic mass is 32.3. The van der Waals surface area contributed by atoms with Gasteiger partial charge in [0.1, 0.15) is 44.0 Å². The molecule has 220 valence electrons. The number of benzene rings is 3. The van der Waals surface area contributed by atoms with Gasteiger partial charge in [-0.1, -0.05) is 0 Å². The molecule has 0 aliphatic carbocycles. The highest BCUT2D eigenvalue weighted by Crippen LogP contribution is 2.56. The van der Waals surface area contributed by atoms with Crippen molar-refractivity contribution in [1.82, 2.24) is 9.97 Å². The van der Waals surface area contributed by atoms with Gasteiger partial charge in [-0.2, -0.15) is 8.42 Å². The summed E-state index contributed by atoms with van der Waals surface area (Å²) in [6, 6.07) is 9.98. The lowest BCUT2D eigenvalue weighted by Crippen LogP contribution is -2.03. The van der Waals surface area contributed by atoms with Gasteiger partial charge in [0.2, 0.25) is 0 Å². The molecule has 3 aromatic carbocycles. The molecule has 0 radical (unpaired) electrons. The molecule has 0 aliphatic rings. The fourth-order valence-electron chi connectivity index (χ4n) is 4.12. The van der Waals surface area contributed by atoms with Crippen LogP contribution < -0.4 is 5.73 Å². The second-order valence-electron chi connectivity index (χ2n) is 8.67. The molecule has 0 aliphatic heterocycles. The number of azo groups is 2. The zero-order chi connectivity index (χ0) is 31.1. The monoisotopic (exact) mass is 626 g/mol. The number of rotatable bonds is 7. The average molecular weight is 627 g/mol. The Hall–Kier alpha value is -5.18. The number of nitrogens with zero attached hydrogens (tertiary/aromatic N) is 7. The number of nitrogen functional groups attached to an aromatic ring is 1. The Morgan fingerprint density at radius 1 is 0.884 bits per heavy atom. The molecule has 2 aromatic heterocycles. The van der Waals surface area contributed by atoms with Crippen LogP contribution in [0.25, 0.3) is 21.7 Å². The van der Waals surface area contributed by atoms with E-state index >= 15 is 0 Å². The smallest absolute Gasteiger partial charge is 0.296 e. The molecule has 0 atom stereocenters. The van der Waals surface area contributed by atoms with Crippen LogP contribution in [0.5, 0.6) is 5.75 Å².